The van der Waals surface area contributed by atoms with Crippen LogP contribution in [0.15, 0.2) is 71.6 Å². The van der Waals surface area contributed by atoms with Gasteiger partial charge in [0.25, 0.3) is 0 Å². The Hall–Kier alpha value is -2.95. The fourth-order valence-electron chi connectivity index (χ4n) is 3.55. The number of nitrogens with zero attached hydrogens (tertiary/aromatic N) is 2. The molecule has 0 amide bonds. The van der Waals surface area contributed by atoms with Crippen molar-refractivity contribution in [3.63, 3.8) is 0 Å². The summed E-state index contributed by atoms with van der Waals surface area (Å²) in [6.45, 7) is 3.57. The molecule has 4 aromatic rings. The molecule has 0 atom stereocenters. The van der Waals surface area contributed by atoms with Gasteiger partial charge in [-0.15, -0.1) is 11.3 Å². The van der Waals surface area contributed by atoms with E-state index in [9.17, 15) is 21.6 Å². The summed E-state index contributed by atoms with van der Waals surface area (Å²) in [7, 11) is -1.87. The van der Waals surface area contributed by atoms with Crippen molar-refractivity contribution in [2.24, 2.45) is 0 Å². The number of para-hydroxylation sites is 1. The Kier molecular flexibility index (Phi) is 6.41. The van der Waals surface area contributed by atoms with Crippen LogP contribution in [-0.4, -0.2) is 31.6 Å². The second-order valence-corrected chi connectivity index (χ2v) is 11.6. The molecule has 184 valence electrons. The molecule has 0 aliphatic carbocycles. The zero-order chi connectivity index (χ0) is 25.6. The zero-order valence-electron chi connectivity index (χ0n) is 19.4. The van der Waals surface area contributed by atoms with E-state index in [2.05, 4.69) is 5.10 Å². The third kappa shape index (κ3) is 5.05. The van der Waals surface area contributed by atoms with Crippen molar-refractivity contribution in [2.75, 3.05) is 13.4 Å². The normalized spacial score (nSPS) is 12.8. The fourth-order valence-corrected chi connectivity index (χ4v) is 5.22. The minimum absolute atomic E-state index is 0.0952. The summed E-state index contributed by atoms with van der Waals surface area (Å²) in [5, 5.41) is 4.52. The van der Waals surface area contributed by atoms with Crippen molar-refractivity contribution in [3.05, 3.63) is 78.0 Å². The van der Waals surface area contributed by atoms with E-state index in [1.54, 1.807) is 44.2 Å². The maximum Gasteiger partial charge on any atom is 0.418 e. The van der Waals surface area contributed by atoms with Crippen LogP contribution in [0.25, 0.3) is 26.7 Å². The topological polar surface area (TPSA) is 61.2 Å². The number of sulfone groups is 1. The molecule has 2 heterocycles. The highest BCUT2D eigenvalue weighted by Gasteiger charge is 2.35. The van der Waals surface area contributed by atoms with Crippen molar-refractivity contribution < 1.29 is 26.3 Å². The van der Waals surface area contributed by atoms with Gasteiger partial charge in [0.15, 0.2) is 9.84 Å². The Morgan fingerprint density at radius 2 is 1.63 bits per heavy atom. The lowest BCUT2D eigenvalue weighted by molar-refractivity contribution is -0.137. The first kappa shape index (κ1) is 25.2. The lowest BCUT2D eigenvalue weighted by Gasteiger charge is -2.20. The predicted molar refractivity (Wildman–Crippen MR) is 130 cm³/mol. The largest absolute Gasteiger partial charge is 0.418 e. The third-order valence-electron chi connectivity index (χ3n) is 5.68. The second kappa shape index (κ2) is 8.92. The highest BCUT2D eigenvalue weighted by Crippen LogP contribution is 2.40. The molecule has 35 heavy (non-hydrogen) atoms. The van der Waals surface area contributed by atoms with Crippen LogP contribution in [0.4, 0.5) is 13.2 Å². The molecule has 0 unspecified atom stereocenters. The van der Waals surface area contributed by atoms with Crippen molar-refractivity contribution in [1.29, 1.82) is 0 Å². The number of alkyl halides is 3. The van der Waals surface area contributed by atoms with E-state index in [1.807, 2.05) is 6.07 Å². The molecule has 0 saturated carbocycles. The summed E-state index contributed by atoms with van der Waals surface area (Å²) in [6, 6.07) is 17.2. The summed E-state index contributed by atoms with van der Waals surface area (Å²) in [6.07, 6.45) is -3.43. The molecule has 10 heteroatoms. The van der Waals surface area contributed by atoms with Gasteiger partial charge in [0.05, 0.1) is 32.4 Å². The molecule has 5 nitrogen and oxygen atoms in total. The number of aromatic nitrogens is 2. The van der Waals surface area contributed by atoms with Gasteiger partial charge in [-0.25, -0.2) is 13.1 Å². The molecule has 0 aliphatic rings. The standard InChI is InChI=1S/C25H23F3N2O3S2/c1-24(2,33-3)23-15-20(30(29-23)19-11-6-5-10-18(19)25(26,27)28)22-13-12-21(34-22)16-8-7-9-17(14-16)35(4,31)32/h5-15H,1-4H3. The van der Waals surface area contributed by atoms with Crippen LogP contribution in [-0.2, 0) is 26.4 Å². The maximum absolute atomic E-state index is 13.8. The monoisotopic (exact) mass is 520 g/mol. The van der Waals surface area contributed by atoms with E-state index < -0.39 is 27.2 Å². The molecule has 0 N–H and O–H groups in total. The van der Waals surface area contributed by atoms with E-state index >= 15 is 0 Å². The van der Waals surface area contributed by atoms with Crippen LogP contribution in [0.2, 0.25) is 0 Å². The van der Waals surface area contributed by atoms with Crippen LogP contribution in [0.1, 0.15) is 25.1 Å². The lowest BCUT2D eigenvalue weighted by Crippen LogP contribution is -2.20. The van der Waals surface area contributed by atoms with E-state index in [0.29, 0.717) is 21.8 Å². The summed E-state index contributed by atoms with van der Waals surface area (Å²) in [5.74, 6) is 0. The van der Waals surface area contributed by atoms with Crippen LogP contribution in [0, 0.1) is 0 Å². The molecule has 0 aliphatic heterocycles. The molecular formula is C25H23F3N2O3S2. The highest BCUT2D eigenvalue weighted by atomic mass is 32.2. The summed E-state index contributed by atoms with van der Waals surface area (Å²) in [4.78, 5) is 1.64. The average molecular weight is 521 g/mol. The first-order valence-electron chi connectivity index (χ1n) is 10.5. The quantitative estimate of drug-likeness (QED) is 0.288. The van der Waals surface area contributed by atoms with Gasteiger partial charge in [-0.2, -0.15) is 18.3 Å². The van der Waals surface area contributed by atoms with Crippen LogP contribution in [0.5, 0.6) is 0 Å². The van der Waals surface area contributed by atoms with Gasteiger partial charge in [0.1, 0.15) is 5.60 Å². The van der Waals surface area contributed by atoms with Gasteiger partial charge in [-0.05, 0) is 61.9 Å². The van der Waals surface area contributed by atoms with E-state index in [0.717, 1.165) is 17.2 Å². The Labute approximate surface area is 205 Å². The van der Waals surface area contributed by atoms with E-state index in [-0.39, 0.29) is 10.6 Å². The van der Waals surface area contributed by atoms with Gasteiger partial charge in [0.2, 0.25) is 0 Å². The molecular weight excluding hydrogens is 497 g/mol. The molecule has 4 rings (SSSR count). The number of rotatable bonds is 6. The SMILES string of the molecule is COC(C)(C)c1cc(-c2ccc(-c3cccc(S(C)(=O)=O)c3)s2)n(-c2ccccc2C(F)(F)F)n1. The Bertz CT molecular complexity index is 1490. The minimum atomic E-state index is -4.57. The Balaban J connectivity index is 1.89. The van der Waals surface area contributed by atoms with Crippen LogP contribution < -0.4 is 0 Å². The number of thiophene rings is 1. The number of ether oxygens (including phenoxy) is 1. The van der Waals surface area contributed by atoms with Crippen molar-refractivity contribution in [1.82, 2.24) is 9.78 Å². The maximum atomic E-state index is 13.8. The van der Waals surface area contributed by atoms with E-state index in [4.69, 9.17) is 4.74 Å². The smallest absolute Gasteiger partial charge is 0.372 e. The summed E-state index contributed by atoms with van der Waals surface area (Å²) < 4.78 is 72.2. The first-order valence-corrected chi connectivity index (χ1v) is 13.2. The van der Waals surface area contributed by atoms with Gasteiger partial charge < -0.3 is 4.74 Å². The molecule has 2 aromatic heterocycles. The molecule has 0 spiro atoms. The van der Waals surface area contributed by atoms with Gasteiger partial charge in [-0.1, -0.05) is 24.3 Å². The number of methoxy groups -OCH3 is 1. The Morgan fingerprint density at radius 3 is 2.29 bits per heavy atom. The lowest BCUT2D eigenvalue weighted by atomic mass is 10.1. The highest BCUT2D eigenvalue weighted by molar-refractivity contribution is 7.90. The van der Waals surface area contributed by atoms with Crippen molar-refractivity contribution in [3.8, 4) is 26.7 Å². The van der Waals surface area contributed by atoms with Crippen LogP contribution in [0.3, 0.4) is 0 Å². The second-order valence-electron chi connectivity index (χ2n) is 8.52. The van der Waals surface area contributed by atoms with Gasteiger partial charge >= 0.3 is 6.18 Å². The third-order valence-corrected chi connectivity index (χ3v) is 7.95. The number of benzene rings is 2. The van der Waals surface area contributed by atoms with Crippen LogP contribution >= 0.6 is 11.3 Å². The fraction of sp³-hybridized carbons (Fsp3) is 0.240. The Morgan fingerprint density at radius 1 is 0.943 bits per heavy atom. The predicted octanol–water partition coefficient (Wildman–Crippen LogP) is 6.57. The summed E-state index contributed by atoms with van der Waals surface area (Å²) in [5.41, 5.74) is -0.0930. The number of hydrogen-bond acceptors (Lipinski definition) is 5. The van der Waals surface area contributed by atoms with Gasteiger partial charge in [-0.3, -0.25) is 0 Å². The first-order chi connectivity index (χ1) is 16.3. The molecule has 0 radical (unpaired) electrons. The zero-order valence-corrected chi connectivity index (χ0v) is 21.1. The van der Waals surface area contributed by atoms with Crippen molar-refractivity contribution in [2.45, 2.75) is 30.5 Å². The summed E-state index contributed by atoms with van der Waals surface area (Å²) >= 11 is 1.33. The van der Waals surface area contributed by atoms with Crippen molar-refractivity contribution >= 4 is 21.2 Å². The number of halogens is 3. The van der Waals surface area contributed by atoms with E-state index in [1.165, 1.54) is 47.4 Å². The molecule has 0 saturated heterocycles. The molecule has 2 aromatic carbocycles. The average Bonchev–Trinajstić information content (AvgIpc) is 3.46. The van der Waals surface area contributed by atoms with Gasteiger partial charge in [0, 0.05) is 18.2 Å². The number of hydrogen-bond donors (Lipinski definition) is 0. The molecule has 0 bridgehead atoms. The molecule has 0 fully saturated rings. The minimum Gasteiger partial charge on any atom is -0.372 e.